The van der Waals surface area contributed by atoms with Crippen molar-refractivity contribution in [3.8, 4) is 0 Å². The van der Waals surface area contributed by atoms with Crippen LogP contribution in [0.4, 0.5) is 0 Å². The van der Waals surface area contributed by atoms with E-state index in [9.17, 15) is 15.0 Å². The molecule has 0 saturated heterocycles. The number of aliphatic hydroxyl groups excluding tert-OH is 2. The van der Waals surface area contributed by atoms with Gasteiger partial charge in [-0.15, -0.1) is 11.8 Å². The van der Waals surface area contributed by atoms with Crippen molar-refractivity contribution in [3.05, 3.63) is 23.3 Å². The summed E-state index contributed by atoms with van der Waals surface area (Å²) in [7, 11) is 0. The Balaban J connectivity index is 1.44. The maximum atomic E-state index is 12.0. The van der Waals surface area contributed by atoms with E-state index < -0.39 is 12.2 Å². The lowest BCUT2D eigenvalue weighted by molar-refractivity contribution is -0.118. The van der Waals surface area contributed by atoms with Crippen LogP contribution in [0.5, 0.6) is 0 Å². The SMILES string of the molecule is CCSC(=S)SCC(=O)NCCCC[C@@H](C)[C@H]1CC[C@H]2/C(=C\C=C3C[C@@H](O)C[C@H](O)C3)CCC[C@]12C. The van der Waals surface area contributed by atoms with Gasteiger partial charge in [0.1, 0.15) is 3.53 Å². The predicted molar refractivity (Wildman–Crippen MR) is 159 cm³/mol. The molecule has 0 aromatic carbocycles. The Morgan fingerprint density at radius 1 is 1.19 bits per heavy atom. The number of carbonyl (C=O) groups excluding carboxylic acids is 1. The van der Waals surface area contributed by atoms with E-state index in [4.69, 9.17) is 12.2 Å². The van der Waals surface area contributed by atoms with Crippen LogP contribution >= 0.6 is 35.7 Å². The van der Waals surface area contributed by atoms with E-state index in [-0.39, 0.29) is 5.91 Å². The zero-order chi connectivity index (χ0) is 26.1. The lowest BCUT2D eigenvalue weighted by atomic mass is 9.60. The second-order valence-corrected chi connectivity index (χ2v) is 14.9. The van der Waals surface area contributed by atoms with Gasteiger partial charge in [0.15, 0.2) is 0 Å². The highest BCUT2D eigenvalue weighted by atomic mass is 32.2. The average Bonchev–Trinajstić information content (AvgIpc) is 3.18. The van der Waals surface area contributed by atoms with E-state index in [1.807, 2.05) is 0 Å². The number of hydrogen-bond donors (Lipinski definition) is 3. The fraction of sp³-hybridized carbons (Fsp3) is 0.793. The van der Waals surface area contributed by atoms with E-state index in [2.05, 4.69) is 38.2 Å². The van der Waals surface area contributed by atoms with Gasteiger partial charge in [0.25, 0.3) is 0 Å². The summed E-state index contributed by atoms with van der Waals surface area (Å²) >= 11 is 8.33. The molecule has 0 aliphatic heterocycles. The van der Waals surface area contributed by atoms with E-state index in [1.165, 1.54) is 55.9 Å². The van der Waals surface area contributed by atoms with Crippen molar-refractivity contribution in [1.82, 2.24) is 5.32 Å². The van der Waals surface area contributed by atoms with Crippen molar-refractivity contribution in [1.29, 1.82) is 0 Å². The van der Waals surface area contributed by atoms with Gasteiger partial charge >= 0.3 is 0 Å². The number of thioether (sulfide) groups is 2. The molecule has 0 bridgehead atoms. The monoisotopic (exact) mass is 553 g/mol. The minimum atomic E-state index is -0.401. The molecule has 0 unspecified atom stereocenters. The third-order valence-electron chi connectivity index (χ3n) is 8.79. The van der Waals surface area contributed by atoms with Gasteiger partial charge in [0.2, 0.25) is 5.91 Å². The minimum absolute atomic E-state index is 0.0898. The number of allylic oxidation sites excluding steroid dienone is 3. The molecule has 36 heavy (non-hydrogen) atoms. The predicted octanol–water partition coefficient (Wildman–Crippen LogP) is 6.66. The maximum absolute atomic E-state index is 12.0. The Labute approximate surface area is 232 Å². The summed E-state index contributed by atoms with van der Waals surface area (Å²) in [6.07, 6.45) is 15.5. The fourth-order valence-electron chi connectivity index (χ4n) is 7.10. The van der Waals surface area contributed by atoms with E-state index >= 15 is 0 Å². The van der Waals surface area contributed by atoms with Crippen molar-refractivity contribution >= 4 is 45.2 Å². The Morgan fingerprint density at radius 2 is 1.94 bits per heavy atom. The normalized spacial score (nSPS) is 32.2. The van der Waals surface area contributed by atoms with Gasteiger partial charge in [-0.2, -0.15) is 0 Å². The number of amides is 1. The van der Waals surface area contributed by atoms with Crippen LogP contribution in [0.25, 0.3) is 0 Å². The number of hydrogen-bond acceptors (Lipinski definition) is 6. The third kappa shape index (κ3) is 8.59. The summed E-state index contributed by atoms with van der Waals surface area (Å²) in [5.41, 5.74) is 3.17. The molecular formula is C29H47NO3S3. The second-order valence-electron chi connectivity index (χ2n) is 11.4. The van der Waals surface area contributed by atoms with Crippen LogP contribution in [-0.2, 0) is 4.79 Å². The zero-order valence-corrected chi connectivity index (χ0v) is 24.9. The molecule has 0 radical (unpaired) electrons. The number of fused-ring (bicyclic) bond motifs is 1. The minimum Gasteiger partial charge on any atom is -0.393 e. The first kappa shape index (κ1) is 30.2. The first-order chi connectivity index (χ1) is 17.2. The lowest BCUT2D eigenvalue weighted by Crippen LogP contribution is -2.36. The number of nitrogens with one attached hydrogen (secondary N) is 1. The van der Waals surface area contributed by atoms with Gasteiger partial charge in [-0.05, 0) is 86.7 Å². The number of unbranched alkanes of at least 4 members (excludes halogenated alkanes) is 1. The molecule has 3 aliphatic rings. The maximum Gasteiger partial charge on any atom is 0.230 e. The number of aliphatic hydroxyl groups is 2. The summed E-state index contributed by atoms with van der Waals surface area (Å²) in [5.74, 6) is 3.61. The molecule has 3 N–H and O–H groups in total. The molecule has 3 rings (SSSR count). The topological polar surface area (TPSA) is 69.6 Å². The molecule has 4 nitrogen and oxygen atoms in total. The quantitative estimate of drug-likeness (QED) is 0.208. The summed E-state index contributed by atoms with van der Waals surface area (Å²) in [6, 6.07) is 0. The third-order valence-corrected chi connectivity index (χ3v) is 11.4. The van der Waals surface area contributed by atoms with Gasteiger partial charge in [-0.3, -0.25) is 4.79 Å². The van der Waals surface area contributed by atoms with E-state index in [0.29, 0.717) is 42.3 Å². The van der Waals surface area contributed by atoms with Gasteiger partial charge in [-0.25, -0.2) is 0 Å². The van der Waals surface area contributed by atoms with E-state index in [0.717, 1.165) is 34.6 Å². The van der Waals surface area contributed by atoms with E-state index in [1.54, 1.807) is 17.3 Å². The van der Waals surface area contributed by atoms with Crippen LogP contribution in [0.1, 0.15) is 91.4 Å². The molecule has 1 amide bonds. The van der Waals surface area contributed by atoms with Gasteiger partial charge < -0.3 is 15.5 Å². The average molecular weight is 554 g/mol. The molecular weight excluding hydrogens is 507 g/mol. The van der Waals surface area contributed by atoms with Crippen molar-refractivity contribution in [2.45, 2.75) is 104 Å². The van der Waals surface area contributed by atoms with Crippen LogP contribution < -0.4 is 5.32 Å². The fourth-order valence-corrected chi connectivity index (χ4v) is 9.08. The smallest absolute Gasteiger partial charge is 0.230 e. The highest BCUT2D eigenvalue weighted by Gasteiger charge is 2.50. The second kappa shape index (κ2) is 14.7. The van der Waals surface area contributed by atoms with Crippen LogP contribution in [-0.4, -0.2) is 49.9 Å². The van der Waals surface area contributed by atoms with Crippen LogP contribution in [0, 0.1) is 23.2 Å². The summed E-state index contributed by atoms with van der Waals surface area (Å²) < 4.78 is 0.855. The molecule has 0 spiro atoms. The number of carbonyl (C=O) groups is 1. The lowest BCUT2D eigenvalue weighted by Gasteiger charge is -2.44. The number of thiocarbonyl (C=S) groups is 1. The van der Waals surface area contributed by atoms with Crippen molar-refractivity contribution in [3.63, 3.8) is 0 Å². The Kier molecular flexibility index (Phi) is 12.3. The first-order valence-electron chi connectivity index (χ1n) is 14.0. The summed E-state index contributed by atoms with van der Waals surface area (Å²) in [4.78, 5) is 12.0. The molecule has 0 aromatic heterocycles. The Hall–Kier alpha value is -0.340. The molecule has 0 aromatic rings. The van der Waals surface area contributed by atoms with Crippen LogP contribution in [0.3, 0.4) is 0 Å². The molecule has 3 saturated carbocycles. The highest BCUT2D eigenvalue weighted by molar-refractivity contribution is 8.47. The van der Waals surface area contributed by atoms with Gasteiger partial charge in [0.05, 0.1) is 18.0 Å². The summed E-state index contributed by atoms with van der Waals surface area (Å²) in [5, 5.41) is 23.1. The van der Waals surface area contributed by atoms with Crippen LogP contribution in [0.15, 0.2) is 23.3 Å². The first-order valence-corrected chi connectivity index (χ1v) is 16.4. The number of rotatable bonds is 10. The Morgan fingerprint density at radius 3 is 2.67 bits per heavy atom. The van der Waals surface area contributed by atoms with Crippen molar-refractivity contribution in [2.75, 3.05) is 18.1 Å². The summed E-state index contributed by atoms with van der Waals surface area (Å²) in [6.45, 7) is 7.82. The molecule has 3 fully saturated rings. The Bertz CT molecular complexity index is 802. The molecule has 204 valence electrons. The van der Waals surface area contributed by atoms with Crippen molar-refractivity contribution < 1.29 is 15.0 Å². The zero-order valence-electron chi connectivity index (χ0n) is 22.5. The largest absolute Gasteiger partial charge is 0.393 e. The van der Waals surface area contributed by atoms with Gasteiger partial charge in [-0.1, -0.05) is 80.9 Å². The molecule has 3 aliphatic carbocycles. The highest BCUT2D eigenvalue weighted by Crippen LogP contribution is 2.59. The standard InChI is InChI=1S/C29H47NO3S3/c1-4-35-28(34)36-19-27(33)30-15-6-5-8-20(2)25-12-13-26-22(9-7-14-29(25,26)3)11-10-21-16-23(31)18-24(32)17-21/h10-11,20,23-26,31-32H,4-9,12-19H2,1-3H3,(H,30,33)/b22-11-/t20-,23-,24-,25-,26+,29-/m1/s1. The molecule has 7 heteroatoms. The van der Waals surface area contributed by atoms with Gasteiger partial charge in [0, 0.05) is 6.54 Å². The van der Waals surface area contributed by atoms with Crippen molar-refractivity contribution in [2.24, 2.45) is 23.2 Å². The van der Waals surface area contributed by atoms with Crippen LogP contribution in [0.2, 0.25) is 0 Å². The molecule has 0 heterocycles. The molecule has 6 atom stereocenters.